The van der Waals surface area contributed by atoms with Gasteiger partial charge in [0.2, 0.25) is 0 Å². The lowest BCUT2D eigenvalue weighted by molar-refractivity contribution is 0.669. The van der Waals surface area contributed by atoms with Crippen molar-refractivity contribution < 1.29 is 4.42 Å². The van der Waals surface area contributed by atoms with Crippen molar-refractivity contribution in [1.29, 1.82) is 0 Å². The molecule has 0 atom stereocenters. The molecule has 10 aromatic rings. The number of hydrogen-bond donors (Lipinski definition) is 0. The van der Waals surface area contributed by atoms with Gasteiger partial charge in [0.15, 0.2) is 0 Å². The Kier molecular flexibility index (Phi) is 7.85. The molecule has 0 N–H and O–H groups in total. The molecule has 0 saturated heterocycles. The van der Waals surface area contributed by atoms with Crippen molar-refractivity contribution in [3.63, 3.8) is 0 Å². The van der Waals surface area contributed by atoms with Crippen molar-refractivity contribution in [1.82, 2.24) is 0 Å². The van der Waals surface area contributed by atoms with Crippen LogP contribution in [0.5, 0.6) is 0 Å². The van der Waals surface area contributed by atoms with Gasteiger partial charge in [-0.25, -0.2) is 0 Å². The van der Waals surface area contributed by atoms with E-state index >= 15 is 0 Å². The molecule has 54 heavy (non-hydrogen) atoms. The predicted molar refractivity (Wildman–Crippen MR) is 228 cm³/mol. The average molecular weight is 690 g/mol. The summed E-state index contributed by atoms with van der Waals surface area (Å²) in [5.74, 6) is 0. The Hall–Kier alpha value is -7.16. The fourth-order valence-electron chi connectivity index (χ4n) is 7.81. The molecule has 0 unspecified atom stereocenters. The smallest absolute Gasteiger partial charge is 0.136 e. The Morgan fingerprint density at radius 1 is 0.296 bits per heavy atom. The second-order valence-corrected chi connectivity index (χ2v) is 13.7. The van der Waals surface area contributed by atoms with Gasteiger partial charge in [0.05, 0.1) is 0 Å². The molecule has 0 amide bonds. The molecule has 1 heterocycles. The number of furan rings is 1. The minimum absolute atomic E-state index is 0.921. The summed E-state index contributed by atoms with van der Waals surface area (Å²) in [6.07, 6.45) is 0. The van der Waals surface area contributed by atoms with Crippen LogP contribution in [0.4, 0.5) is 17.1 Å². The van der Waals surface area contributed by atoms with Gasteiger partial charge in [0, 0.05) is 27.8 Å². The second-order valence-electron chi connectivity index (χ2n) is 13.7. The maximum absolute atomic E-state index is 6.17. The molecule has 10 rings (SSSR count). The van der Waals surface area contributed by atoms with E-state index in [9.17, 15) is 0 Å². The number of para-hydroxylation sites is 1. The summed E-state index contributed by atoms with van der Waals surface area (Å²) in [6.45, 7) is 0. The lowest BCUT2D eigenvalue weighted by Gasteiger charge is -2.27. The van der Waals surface area contributed by atoms with Gasteiger partial charge in [-0.05, 0) is 110 Å². The number of hydrogen-bond acceptors (Lipinski definition) is 2. The second kappa shape index (κ2) is 13.4. The van der Waals surface area contributed by atoms with Crippen molar-refractivity contribution in [2.75, 3.05) is 4.90 Å². The summed E-state index contributed by atoms with van der Waals surface area (Å²) in [7, 11) is 0. The normalized spacial score (nSPS) is 11.3. The van der Waals surface area contributed by atoms with Gasteiger partial charge in [-0.3, -0.25) is 0 Å². The van der Waals surface area contributed by atoms with Crippen LogP contribution >= 0.6 is 0 Å². The largest absolute Gasteiger partial charge is 0.456 e. The Morgan fingerprint density at radius 3 is 1.48 bits per heavy atom. The number of nitrogens with zero attached hydrogens (tertiary/aromatic N) is 1. The van der Waals surface area contributed by atoms with Crippen molar-refractivity contribution >= 4 is 49.8 Å². The fourth-order valence-corrected chi connectivity index (χ4v) is 7.81. The Balaban J connectivity index is 1.08. The lowest BCUT2D eigenvalue weighted by Crippen LogP contribution is -2.10. The molecule has 1 aromatic heterocycles. The fraction of sp³-hybridized carbons (Fsp3) is 0. The number of rotatable bonds is 7. The molecule has 2 heteroatoms. The van der Waals surface area contributed by atoms with Crippen molar-refractivity contribution in [3.05, 3.63) is 212 Å². The third kappa shape index (κ3) is 5.71. The van der Waals surface area contributed by atoms with E-state index in [0.29, 0.717) is 0 Å². The highest BCUT2D eigenvalue weighted by Crippen LogP contribution is 2.42. The van der Waals surface area contributed by atoms with E-state index in [4.69, 9.17) is 4.42 Å². The van der Waals surface area contributed by atoms with Gasteiger partial charge < -0.3 is 9.32 Å². The molecule has 9 aromatic carbocycles. The first-order chi connectivity index (χ1) is 26.8. The van der Waals surface area contributed by atoms with E-state index in [0.717, 1.165) is 33.6 Å². The first kappa shape index (κ1) is 31.6. The standard InChI is InChI=1S/C52H35NO/c1-4-12-36(13-5-1)37-20-26-43(27-21-37)53(45-30-32-46(39-14-6-2-7-15-39)49(35-45)40-16-8-3-9-17-40)44-28-22-38(23-29-44)41-24-31-47-42(34-41)25-33-51-52(47)48-18-10-11-19-50(48)54-51/h1-35H. The first-order valence-electron chi connectivity index (χ1n) is 18.4. The zero-order valence-electron chi connectivity index (χ0n) is 29.6. The topological polar surface area (TPSA) is 16.4 Å². The van der Waals surface area contributed by atoms with Gasteiger partial charge in [-0.2, -0.15) is 0 Å². The Morgan fingerprint density at radius 2 is 0.815 bits per heavy atom. The van der Waals surface area contributed by atoms with Crippen LogP contribution in [0.2, 0.25) is 0 Å². The molecular weight excluding hydrogens is 655 g/mol. The minimum Gasteiger partial charge on any atom is -0.456 e. The van der Waals surface area contributed by atoms with E-state index in [1.54, 1.807) is 0 Å². The summed E-state index contributed by atoms with van der Waals surface area (Å²) in [5, 5.41) is 4.73. The minimum atomic E-state index is 0.921. The maximum Gasteiger partial charge on any atom is 0.136 e. The van der Waals surface area contributed by atoms with Crippen LogP contribution in [0.3, 0.4) is 0 Å². The van der Waals surface area contributed by atoms with Crippen LogP contribution in [0.15, 0.2) is 217 Å². The molecule has 0 bridgehead atoms. The lowest BCUT2D eigenvalue weighted by atomic mass is 9.93. The quantitative estimate of drug-likeness (QED) is 0.166. The highest BCUT2D eigenvalue weighted by molar-refractivity contribution is 6.19. The third-order valence-corrected chi connectivity index (χ3v) is 10.5. The SMILES string of the molecule is c1ccc(-c2ccc(N(c3ccc(-c4ccc5c(ccc6oc7ccccc7c65)c4)cc3)c3ccc(-c4ccccc4)c(-c4ccccc4)c3)cc2)cc1. The third-order valence-electron chi connectivity index (χ3n) is 10.5. The molecule has 0 spiro atoms. The zero-order valence-corrected chi connectivity index (χ0v) is 29.6. The van der Waals surface area contributed by atoms with Crippen molar-refractivity contribution in [2.24, 2.45) is 0 Å². The van der Waals surface area contributed by atoms with Gasteiger partial charge >= 0.3 is 0 Å². The van der Waals surface area contributed by atoms with Gasteiger partial charge in [0.25, 0.3) is 0 Å². The van der Waals surface area contributed by atoms with Crippen LogP contribution in [0.25, 0.3) is 77.2 Å². The van der Waals surface area contributed by atoms with Crippen molar-refractivity contribution in [2.45, 2.75) is 0 Å². The maximum atomic E-state index is 6.17. The molecule has 0 aliphatic carbocycles. The highest BCUT2D eigenvalue weighted by Gasteiger charge is 2.17. The van der Waals surface area contributed by atoms with E-state index in [-0.39, 0.29) is 0 Å². The molecule has 0 aliphatic heterocycles. The van der Waals surface area contributed by atoms with Crippen LogP contribution in [0.1, 0.15) is 0 Å². The first-order valence-corrected chi connectivity index (χ1v) is 18.4. The summed E-state index contributed by atoms with van der Waals surface area (Å²) >= 11 is 0. The van der Waals surface area contributed by atoms with Gasteiger partial charge in [0.1, 0.15) is 11.2 Å². The molecular formula is C52H35NO. The Labute approximate surface area is 314 Å². The monoisotopic (exact) mass is 689 g/mol. The highest BCUT2D eigenvalue weighted by atomic mass is 16.3. The Bertz CT molecular complexity index is 2890. The zero-order chi connectivity index (χ0) is 35.8. The average Bonchev–Trinajstić information content (AvgIpc) is 3.64. The van der Waals surface area contributed by atoms with Crippen LogP contribution in [0, 0.1) is 0 Å². The molecule has 254 valence electrons. The van der Waals surface area contributed by atoms with Crippen molar-refractivity contribution in [3.8, 4) is 44.5 Å². The number of fused-ring (bicyclic) bond motifs is 5. The summed E-state index contributed by atoms with van der Waals surface area (Å²) in [4.78, 5) is 2.36. The molecule has 2 nitrogen and oxygen atoms in total. The van der Waals surface area contributed by atoms with E-state index < -0.39 is 0 Å². The summed E-state index contributed by atoms with van der Waals surface area (Å²) in [5.41, 5.74) is 14.6. The number of anilines is 3. The van der Waals surface area contributed by atoms with Crippen LogP contribution < -0.4 is 4.90 Å². The van der Waals surface area contributed by atoms with E-state index in [1.165, 1.54) is 60.7 Å². The predicted octanol–water partition coefficient (Wildman–Crippen LogP) is 14.9. The van der Waals surface area contributed by atoms with Gasteiger partial charge in [-0.1, -0.05) is 158 Å². The molecule has 0 fully saturated rings. The van der Waals surface area contributed by atoms with E-state index in [2.05, 4.69) is 205 Å². The summed E-state index contributed by atoms with van der Waals surface area (Å²) < 4.78 is 6.17. The van der Waals surface area contributed by atoms with Crippen LogP contribution in [-0.4, -0.2) is 0 Å². The van der Waals surface area contributed by atoms with E-state index in [1.807, 2.05) is 12.1 Å². The molecule has 0 radical (unpaired) electrons. The summed E-state index contributed by atoms with van der Waals surface area (Å²) in [6, 6.07) is 75.9. The van der Waals surface area contributed by atoms with Gasteiger partial charge in [-0.15, -0.1) is 0 Å². The van der Waals surface area contributed by atoms with Crippen LogP contribution in [-0.2, 0) is 0 Å². The molecule has 0 saturated carbocycles. The molecule has 0 aliphatic rings. The number of benzene rings is 9.